The number of hydrogen-bond donors (Lipinski definition) is 1. The smallest absolute Gasteiger partial charge is 0.0593 e. The monoisotopic (exact) mass is 296 g/mol. The highest BCUT2D eigenvalue weighted by atomic mass is 16.5. The summed E-state index contributed by atoms with van der Waals surface area (Å²) in [6, 6.07) is 0.763. The van der Waals surface area contributed by atoms with Gasteiger partial charge in [-0.3, -0.25) is 0 Å². The topological polar surface area (TPSA) is 24.5 Å². The van der Waals surface area contributed by atoms with Gasteiger partial charge >= 0.3 is 0 Å². The standard InChI is InChI=1S/C18H36N2O/c1-20(2)13-15-21-14-12-19-18-11-7-6-10-17(18)16-8-4-3-5-9-16/h16-19H,3-15H2,1-2H3. The van der Waals surface area contributed by atoms with Gasteiger partial charge in [0, 0.05) is 19.1 Å². The summed E-state index contributed by atoms with van der Waals surface area (Å²) < 4.78 is 5.71. The number of nitrogens with zero attached hydrogens (tertiary/aromatic N) is 1. The summed E-state index contributed by atoms with van der Waals surface area (Å²) in [5.41, 5.74) is 0. The fourth-order valence-electron chi connectivity index (χ4n) is 4.21. The first-order valence-corrected chi connectivity index (χ1v) is 9.23. The van der Waals surface area contributed by atoms with Gasteiger partial charge < -0.3 is 15.0 Å². The molecule has 0 aromatic carbocycles. The predicted molar refractivity (Wildman–Crippen MR) is 89.7 cm³/mol. The lowest BCUT2D eigenvalue weighted by atomic mass is 9.71. The quantitative estimate of drug-likeness (QED) is 0.696. The molecule has 2 aliphatic rings. The molecule has 0 heterocycles. The van der Waals surface area contributed by atoms with E-state index in [0.29, 0.717) is 0 Å². The van der Waals surface area contributed by atoms with E-state index >= 15 is 0 Å². The Kier molecular flexibility index (Phi) is 8.05. The highest BCUT2D eigenvalue weighted by Gasteiger charge is 2.31. The molecule has 0 aliphatic heterocycles. The van der Waals surface area contributed by atoms with E-state index in [0.717, 1.165) is 44.2 Å². The summed E-state index contributed by atoms with van der Waals surface area (Å²) >= 11 is 0. The van der Waals surface area contributed by atoms with Gasteiger partial charge in [-0.05, 0) is 38.8 Å². The lowest BCUT2D eigenvalue weighted by Gasteiger charge is -2.39. The van der Waals surface area contributed by atoms with Crippen molar-refractivity contribution >= 4 is 0 Å². The summed E-state index contributed by atoms with van der Waals surface area (Å²) in [4.78, 5) is 2.17. The van der Waals surface area contributed by atoms with Gasteiger partial charge in [0.1, 0.15) is 0 Å². The summed E-state index contributed by atoms with van der Waals surface area (Å²) in [5.74, 6) is 1.95. The number of ether oxygens (including phenoxy) is 1. The molecule has 0 amide bonds. The molecule has 2 saturated carbocycles. The zero-order valence-corrected chi connectivity index (χ0v) is 14.3. The first kappa shape index (κ1) is 17.2. The Hall–Kier alpha value is -0.120. The summed E-state index contributed by atoms with van der Waals surface area (Å²) in [6.45, 7) is 3.77. The highest BCUT2D eigenvalue weighted by Crippen LogP contribution is 2.38. The maximum atomic E-state index is 5.71. The van der Waals surface area contributed by atoms with Crippen molar-refractivity contribution in [3.63, 3.8) is 0 Å². The van der Waals surface area contributed by atoms with Gasteiger partial charge in [-0.15, -0.1) is 0 Å². The van der Waals surface area contributed by atoms with Crippen molar-refractivity contribution < 1.29 is 4.74 Å². The summed E-state index contributed by atoms with van der Waals surface area (Å²) in [6.07, 6.45) is 13.1. The van der Waals surface area contributed by atoms with Crippen molar-refractivity contribution in [3.8, 4) is 0 Å². The van der Waals surface area contributed by atoms with Gasteiger partial charge in [-0.1, -0.05) is 44.9 Å². The van der Waals surface area contributed by atoms with Crippen LogP contribution in [0, 0.1) is 11.8 Å². The van der Waals surface area contributed by atoms with Gasteiger partial charge in [-0.25, -0.2) is 0 Å². The van der Waals surface area contributed by atoms with Crippen LogP contribution in [0.3, 0.4) is 0 Å². The molecule has 0 spiro atoms. The SMILES string of the molecule is CN(C)CCOCCNC1CCCCC1C1CCCCC1. The van der Waals surface area contributed by atoms with Gasteiger partial charge in [0.2, 0.25) is 0 Å². The second-order valence-electron chi connectivity index (χ2n) is 7.32. The number of nitrogens with one attached hydrogen (secondary N) is 1. The van der Waals surface area contributed by atoms with Crippen LogP contribution in [-0.2, 0) is 4.74 Å². The first-order valence-electron chi connectivity index (χ1n) is 9.23. The van der Waals surface area contributed by atoms with Crippen molar-refractivity contribution in [2.24, 2.45) is 11.8 Å². The Balaban J connectivity index is 1.64. The number of rotatable bonds is 8. The van der Waals surface area contributed by atoms with E-state index in [2.05, 4.69) is 24.3 Å². The van der Waals surface area contributed by atoms with Gasteiger partial charge in [0.05, 0.1) is 13.2 Å². The summed E-state index contributed by atoms with van der Waals surface area (Å²) in [7, 11) is 4.19. The van der Waals surface area contributed by atoms with E-state index in [9.17, 15) is 0 Å². The molecule has 0 aromatic rings. The summed E-state index contributed by atoms with van der Waals surface area (Å²) in [5, 5.41) is 3.82. The first-order chi connectivity index (χ1) is 10.3. The largest absolute Gasteiger partial charge is 0.379 e. The van der Waals surface area contributed by atoms with Crippen LogP contribution >= 0.6 is 0 Å². The molecule has 0 aromatic heterocycles. The molecule has 124 valence electrons. The van der Waals surface area contributed by atoms with Gasteiger partial charge in [0.25, 0.3) is 0 Å². The highest BCUT2D eigenvalue weighted by molar-refractivity contribution is 4.86. The van der Waals surface area contributed by atoms with Crippen molar-refractivity contribution in [3.05, 3.63) is 0 Å². The van der Waals surface area contributed by atoms with E-state index in [1.807, 2.05) is 0 Å². The molecule has 0 saturated heterocycles. The maximum absolute atomic E-state index is 5.71. The average Bonchev–Trinajstić information content (AvgIpc) is 2.52. The lowest BCUT2D eigenvalue weighted by Crippen LogP contribution is -2.43. The lowest BCUT2D eigenvalue weighted by molar-refractivity contribution is 0.104. The number of likely N-dealkylation sites (N-methyl/N-ethyl adjacent to an activating group) is 1. The maximum Gasteiger partial charge on any atom is 0.0593 e. The van der Waals surface area contributed by atoms with Crippen LogP contribution in [0.1, 0.15) is 57.8 Å². The molecule has 2 unspecified atom stereocenters. The van der Waals surface area contributed by atoms with Crippen molar-refractivity contribution in [2.45, 2.75) is 63.8 Å². The van der Waals surface area contributed by atoms with E-state index < -0.39 is 0 Å². The van der Waals surface area contributed by atoms with Crippen LogP contribution in [0.2, 0.25) is 0 Å². The normalized spacial score (nSPS) is 28.1. The molecule has 0 radical (unpaired) electrons. The zero-order valence-electron chi connectivity index (χ0n) is 14.3. The Labute approximate surface area is 131 Å². The van der Waals surface area contributed by atoms with Crippen LogP contribution in [0.4, 0.5) is 0 Å². The van der Waals surface area contributed by atoms with E-state index in [4.69, 9.17) is 4.74 Å². The number of hydrogen-bond acceptors (Lipinski definition) is 3. The molecule has 3 heteroatoms. The van der Waals surface area contributed by atoms with Crippen molar-refractivity contribution in [2.75, 3.05) is 40.4 Å². The second-order valence-corrected chi connectivity index (χ2v) is 7.32. The molecule has 21 heavy (non-hydrogen) atoms. The third-order valence-electron chi connectivity index (χ3n) is 5.41. The van der Waals surface area contributed by atoms with Crippen molar-refractivity contribution in [1.29, 1.82) is 0 Å². The Morgan fingerprint density at radius 2 is 1.62 bits per heavy atom. The third kappa shape index (κ3) is 6.25. The second kappa shape index (κ2) is 9.81. The van der Waals surface area contributed by atoms with Gasteiger partial charge in [0.15, 0.2) is 0 Å². The van der Waals surface area contributed by atoms with E-state index in [1.165, 1.54) is 57.8 Å². The molecule has 0 bridgehead atoms. The average molecular weight is 296 g/mol. The van der Waals surface area contributed by atoms with E-state index in [1.54, 1.807) is 0 Å². The van der Waals surface area contributed by atoms with Gasteiger partial charge in [-0.2, -0.15) is 0 Å². The fourth-order valence-corrected chi connectivity index (χ4v) is 4.21. The Morgan fingerprint density at radius 1 is 0.905 bits per heavy atom. The molecule has 2 rings (SSSR count). The minimum atomic E-state index is 0.763. The molecule has 2 atom stereocenters. The molecule has 3 nitrogen and oxygen atoms in total. The van der Waals surface area contributed by atoms with Crippen LogP contribution in [0.5, 0.6) is 0 Å². The Bertz CT molecular complexity index is 264. The molecule has 2 fully saturated rings. The van der Waals surface area contributed by atoms with E-state index in [-0.39, 0.29) is 0 Å². The predicted octanol–water partition coefficient (Wildman–Crippen LogP) is 3.29. The fraction of sp³-hybridized carbons (Fsp3) is 1.00. The third-order valence-corrected chi connectivity index (χ3v) is 5.41. The zero-order chi connectivity index (χ0) is 14.9. The minimum Gasteiger partial charge on any atom is -0.379 e. The minimum absolute atomic E-state index is 0.763. The molecule has 2 aliphatic carbocycles. The van der Waals surface area contributed by atoms with Crippen LogP contribution < -0.4 is 5.32 Å². The molecular weight excluding hydrogens is 260 g/mol. The Morgan fingerprint density at radius 3 is 2.38 bits per heavy atom. The van der Waals surface area contributed by atoms with Crippen LogP contribution in [0.15, 0.2) is 0 Å². The van der Waals surface area contributed by atoms with Crippen LogP contribution in [0.25, 0.3) is 0 Å². The molecular formula is C18H36N2O. The van der Waals surface area contributed by atoms with Crippen LogP contribution in [-0.4, -0.2) is 51.3 Å². The molecule has 1 N–H and O–H groups in total. The van der Waals surface area contributed by atoms with Crippen molar-refractivity contribution in [1.82, 2.24) is 10.2 Å².